The average molecular weight is 380 g/mol. The largest absolute Gasteiger partial charge is 0.454 e. The highest BCUT2D eigenvalue weighted by Crippen LogP contribution is 2.16. The molecule has 0 aromatic heterocycles. The molecule has 22 heavy (non-hydrogen) atoms. The fourth-order valence-electron chi connectivity index (χ4n) is 1.67. The third-order valence-corrected chi connectivity index (χ3v) is 3.69. The van der Waals surface area contributed by atoms with Crippen LogP contribution >= 0.6 is 27.5 Å². The first-order valence-corrected chi connectivity index (χ1v) is 7.61. The maximum atomic E-state index is 11.9. The predicted octanol–water partition coefficient (Wildman–Crippen LogP) is 4.54. The molecule has 0 N–H and O–H groups in total. The van der Waals surface area contributed by atoms with Crippen LogP contribution in [0.5, 0.6) is 0 Å². The summed E-state index contributed by atoms with van der Waals surface area (Å²) < 4.78 is 5.80. The summed E-state index contributed by atoms with van der Waals surface area (Å²) in [6.45, 7) is -0.298. The zero-order valence-corrected chi connectivity index (χ0v) is 13.8. The number of carbonyl (C=O) groups excluding carboxylic acids is 2. The van der Waals surface area contributed by atoms with Crippen LogP contribution in [0.1, 0.15) is 15.9 Å². The molecule has 0 amide bonds. The van der Waals surface area contributed by atoms with Crippen molar-refractivity contribution in [3.63, 3.8) is 0 Å². The standard InChI is InChI=1S/C17H12BrClO3/c18-14-8-5-13(6-9-14)16(20)11-22-17(21)10-7-12-3-1-2-4-15(12)19/h1-10H,11H2. The van der Waals surface area contributed by atoms with Crippen molar-refractivity contribution in [1.82, 2.24) is 0 Å². The normalized spacial score (nSPS) is 10.6. The molecule has 112 valence electrons. The second-order valence-electron chi connectivity index (χ2n) is 4.39. The number of carbonyl (C=O) groups is 2. The van der Waals surface area contributed by atoms with Crippen molar-refractivity contribution in [2.45, 2.75) is 0 Å². The lowest BCUT2D eigenvalue weighted by atomic mass is 10.1. The van der Waals surface area contributed by atoms with E-state index in [2.05, 4.69) is 15.9 Å². The van der Waals surface area contributed by atoms with Gasteiger partial charge in [0, 0.05) is 21.1 Å². The summed E-state index contributed by atoms with van der Waals surface area (Å²) in [5.74, 6) is -0.850. The van der Waals surface area contributed by atoms with E-state index in [0.717, 1.165) is 4.47 Å². The number of hydrogen-bond acceptors (Lipinski definition) is 3. The van der Waals surface area contributed by atoms with Crippen molar-refractivity contribution in [3.8, 4) is 0 Å². The number of benzene rings is 2. The van der Waals surface area contributed by atoms with Crippen molar-refractivity contribution < 1.29 is 14.3 Å². The summed E-state index contributed by atoms with van der Waals surface area (Å²) in [7, 11) is 0. The number of hydrogen-bond donors (Lipinski definition) is 0. The van der Waals surface area contributed by atoms with Gasteiger partial charge in [-0.05, 0) is 29.8 Å². The number of rotatable bonds is 5. The fraction of sp³-hybridized carbons (Fsp3) is 0.0588. The number of ether oxygens (including phenoxy) is 1. The van der Waals surface area contributed by atoms with Gasteiger partial charge in [-0.25, -0.2) is 4.79 Å². The minimum Gasteiger partial charge on any atom is -0.454 e. The topological polar surface area (TPSA) is 43.4 Å². The first-order valence-electron chi connectivity index (χ1n) is 6.44. The Kier molecular flexibility index (Phi) is 5.92. The maximum Gasteiger partial charge on any atom is 0.331 e. The van der Waals surface area contributed by atoms with Gasteiger partial charge in [0.15, 0.2) is 12.4 Å². The van der Waals surface area contributed by atoms with E-state index >= 15 is 0 Å². The number of esters is 1. The van der Waals surface area contributed by atoms with Crippen LogP contribution in [0.15, 0.2) is 59.1 Å². The predicted molar refractivity (Wildman–Crippen MR) is 89.9 cm³/mol. The van der Waals surface area contributed by atoms with Crippen LogP contribution in [0, 0.1) is 0 Å². The van der Waals surface area contributed by atoms with Crippen molar-refractivity contribution >= 4 is 45.4 Å². The number of halogens is 2. The summed E-state index contributed by atoms with van der Waals surface area (Å²) in [6, 6.07) is 14.0. The summed E-state index contributed by atoms with van der Waals surface area (Å²) in [5.41, 5.74) is 1.20. The van der Waals surface area contributed by atoms with Gasteiger partial charge in [-0.1, -0.05) is 57.9 Å². The van der Waals surface area contributed by atoms with Crippen LogP contribution in [0.25, 0.3) is 6.08 Å². The molecule has 2 rings (SSSR count). The first-order chi connectivity index (χ1) is 10.6. The molecule has 0 saturated heterocycles. The molecule has 0 aliphatic heterocycles. The van der Waals surface area contributed by atoms with Crippen LogP contribution in [-0.2, 0) is 9.53 Å². The molecule has 3 nitrogen and oxygen atoms in total. The molecule has 0 atom stereocenters. The number of ketones is 1. The summed E-state index contributed by atoms with van der Waals surface area (Å²) in [5, 5.41) is 0.539. The molecule has 5 heteroatoms. The van der Waals surface area contributed by atoms with E-state index in [-0.39, 0.29) is 12.4 Å². The summed E-state index contributed by atoms with van der Waals surface area (Å²) in [6.07, 6.45) is 2.80. The third kappa shape index (κ3) is 4.83. The van der Waals surface area contributed by atoms with Crippen molar-refractivity contribution in [3.05, 3.63) is 75.2 Å². The van der Waals surface area contributed by atoms with Gasteiger partial charge in [-0.3, -0.25) is 4.79 Å². The molecule has 0 aliphatic rings. The van der Waals surface area contributed by atoms with Gasteiger partial charge in [0.2, 0.25) is 0 Å². The zero-order chi connectivity index (χ0) is 15.9. The Morgan fingerprint density at radius 1 is 1.09 bits per heavy atom. The molecule has 2 aromatic rings. The Bertz CT molecular complexity index is 708. The minimum atomic E-state index is -0.592. The average Bonchev–Trinajstić information content (AvgIpc) is 2.52. The quantitative estimate of drug-likeness (QED) is 0.435. The lowest BCUT2D eigenvalue weighted by Gasteiger charge is -2.02. The third-order valence-electron chi connectivity index (χ3n) is 2.82. The van der Waals surface area contributed by atoms with Crippen LogP contribution < -0.4 is 0 Å². The Balaban J connectivity index is 1.89. The molecule has 0 aliphatic carbocycles. The number of Topliss-reactive ketones (excluding diaryl/α,β-unsaturated/α-hetero) is 1. The van der Waals surface area contributed by atoms with Gasteiger partial charge in [-0.2, -0.15) is 0 Å². The van der Waals surface area contributed by atoms with E-state index in [1.807, 2.05) is 6.07 Å². The van der Waals surface area contributed by atoms with Crippen LogP contribution in [0.2, 0.25) is 5.02 Å². The van der Waals surface area contributed by atoms with Crippen LogP contribution in [0.3, 0.4) is 0 Å². The molecule has 2 aromatic carbocycles. The van der Waals surface area contributed by atoms with Gasteiger partial charge in [0.1, 0.15) is 0 Å². The lowest BCUT2D eigenvalue weighted by Crippen LogP contribution is -2.12. The van der Waals surface area contributed by atoms with E-state index in [0.29, 0.717) is 16.1 Å². The van der Waals surface area contributed by atoms with Crippen LogP contribution in [-0.4, -0.2) is 18.4 Å². The van der Waals surface area contributed by atoms with Crippen molar-refractivity contribution in [2.75, 3.05) is 6.61 Å². The monoisotopic (exact) mass is 378 g/mol. The van der Waals surface area contributed by atoms with Gasteiger partial charge < -0.3 is 4.74 Å². The van der Waals surface area contributed by atoms with E-state index in [1.54, 1.807) is 48.5 Å². The van der Waals surface area contributed by atoms with Crippen LogP contribution in [0.4, 0.5) is 0 Å². The smallest absolute Gasteiger partial charge is 0.331 e. The molecule has 0 bridgehead atoms. The molecular weight excluding hydrogens is 368 g/mol. The molecule has 0 fully saturated rings. The molecule has 0 heterocycles. The second kappa shape index (κ2) is 7.92. The molecular formula is C17H12BrClO3. The Morgan fingerprint density at radius 2 is 1.77 bits per heavy atom. The Labute approximate surface area is 141 Å². The highest BCUT2D eigenvalue weighted by Gasteiger charge is 2.08. The summed E-state index contributed by atoms with van der Waals surface area (Å²) >= 11 is 9.26. The Hall–Kier alpha value is -1.91. The molecule has 0 spiro atoms. The van der Waals surface area contributed by atoms with E-state index in [9.17, 15) is 9.59 Å². The first kappa shape index (κ1) is 16.5. The lowest BCUT2D eigenvalue weighted by molar-refractivity contribution is -0.136. The molecule has 0 radical (unpaired) electrons. The molecule has 0 saturated carbocycles. The zero-order valence-electron chi connectivity index (χ0n) is 11.5. The highest BCUT2D eigenvalue weighted by atomic mass is 79.9. The fourth-order valence-corrected chi connectivity index (χ4v) is 2.14. The Morgan fingerprint density at radius 3 is 2.45 bits per heavy atom. The van der Waals surface area contributed by atoms with E-state index in [4.69, 9.17) is 16.3 Å². The van der Waals surface area contributed by atoms with Gasteiger partial charge in [0.25, 0.3) is 0 Å². The van der Waals surface area contributed by atoms with E-state index < -0.39 is 5.97 Å². The maximum absolute atomic E-state index is 11.9. The van der Waals surface area contributed by atoms with Crippen molar-refractivity contribution in [1.29, 1.82) is 0 Å². The highest BCUT2D eigenvalue weighted by molar-refractivity contribution is 9.10. The SMILES string of the molecule is O=C(C=Cc1ccccc1Cl)OCC(=O)c1ccc(Br)cc1. The van der Waals surface area contributed by atoms with Crippen molar-refractivity contribution in [2.24, 2.45) is 0 Å². The summed E-state index contributed by atoms with van der Waals surface area (Å²) in [4.78, 5) is 23.5. The van der Waals surface area contributed by atoms with E-state index in [1.165, 1.54) is 6.08 Å². The minimum absolute atomic E-state index is 0.257. The van der Waals surface area contributed by atoms with Gasteiger partial charge in [0.05, 0.1) is 0 Å². The second-order valence-corrected chi connectivity index (χ2v) is 5.72. The molecule has 0 unspecified atom stereocenters. The van der Waals surface area contributed by atoms with Gasteiger partial charge >= 0.3 is 5.97 Å². The van der Waals surface area contributed by atoms with Gasteiger partial charge in [-0.15, -0.1) is 0 Å².